The number of carbonyl (C=O) groups excluding carboxylic acids is 1. The molecule has 0 aliphatic heterocycles. The molecule has 0 saturated heterocycles. The van der Waals surface area contributed by atoms with Crippen LogP contribution in [0.1, 0.15) is 54.4 Å². The smallest absolute Gasteiger partial charge is 0.221 e. The van der Waals surface area contributed by atoms with Crippen LogP contribution in [0.5, 0.6) is 0 Å². The lowest BCUT2D eigenvalue weighted by atomic mass is 10.1. The SMILES string of the molecule is CC(C)NCCC(CC(=O)NC(C)C)NC(C)C. The maximum atomic E-state index is 11.8. The van der Waals surface area contributed by atoms with Crippen LogP contribution in [0.25, 0.3) is 0 Å². The van der Waals surface area contributed by atoms with E-state index in [2.05, 4.69) is 43.6 Å². The molecule has 0 aromatic rings. The van der Waals surface area contributed by atoms with E-state index in [1.54, 1.807) is 0 Å². The van der Waals surface area contributed by atoms with E-state index >= 15 is 0 Å². The fraction of sp³-hybridized carbons (Fsp3) is 0.929. The topological polar surface area (TPSA) is 53.2 Å². The highest BCUT2D eigenvalue weighted by Crippen LogP contribution is 2.01. The van der Waals surface area contributed by atoms with Crippen molar-refractivity contribution >= 4 is 5.91 Å². The maximum absolute atomic E-state index is 11.8. The number of nitrogens with one attached hydrogen (secondary N) is 3. The normalized spacial score (nSPS) is 13.4. The lowest BCUT2D eigenvalue weighted by Gasteiger charge is -2.22. The molecule has 4 nitrogen and oxygen atoms in total. The first-order chi connectivity index (χ1) is 8.31. The van der Waals surface area contributed by atoms with Crippen LogP contribution in [0.15, 0.2) is 0 Å². The van der Waals surface area contributed by atoms with E-state index in [1.165, 1.54) is 0 Å². The molecule has 0 saturated carbocycles. The van der Waals surface area contributed by atoms with Crippen LogP contribution in [-0.2, 0) is 4.79 Å². The minimum absolute atomic E-state index is 0.132. The molecule has 18 heavy (non-hydrogen) atoms. The second kappa shape index (κ2) is 9.34. The lowest BCUT2D eigenvalue weighted by molar-refractivity contribution is -0.122. The molecule has 0 aliphatic carbocycles. The molecule has 0 aliphatic rings. The summed E-state index contributed by atoms with van der Waals surface area (Å²) in [6.45, 7) is 13.4. The Balaban J connectivity index is 4.09. The van der Waals surface area contributed by atoms with Crippen molar-refractivity contribution in [3.8, 4) is 0 Å². The van der Waals surface area contributed by atoms with Crippen LogP contribution in [-0.4, -0.2) is 36.6 Å². The standard InChI is InChI=1S/C14H31N3O/c1-10(2)15-8-7-13(16-11(3)4)9-14(18)17-12(5)6/h10-13,15-16H,7-9H2,1-6H3,(H,17,18). The van der Waals surface area contributed by atoms with E-state index < -0.39 is 0 Å². The van der Waals surface area contributed by atoms with Crippen molar-refractivity contribution in [3.05, 3.63) is 0 Å². The van der Waals surface area contributed by atoms with Crippen molar-refractivity contribution in [1.82, 2.24) is 16.0 Å². The molecule has 1 atom stereocenters. The van der Waals surface area contributed by atoms with Gasteiger partial charge in [0.2, 0.25) is 5.91 Å². The average molecular weight is 257 g/mol. The zero-order valence-electron chi connectivity index (χ0n) is 12.8. The van der Waals surface area contributed by atoms with Crippen molar-refractivity contribution in [2.24, 2.45) is 0 Å². The summed E-state index contributed by atoms with van der Waals surface area (Å²) >= 11 is 0. The Labute approximate surface area is 112 Å². The summed E-state index contributed by atoms with van der Waals surface area (Å²) in [5, 5.41) is 9.79. The highest BCUT2D eigenvalue weighted by atomic mass is 16.1. The minimum atomic E-state index is 0.132. The first-order valence-corrected chi connectivity index (χ1v) is 7.10. The van der Waals surface area contributed by atoms with Gasteiger partial charge in [-0.2, -0.15) is 0 Å². The van der Waals surface area contributed by atoms with Crippen LogP contribution < -0.4 is 16.0 Å². The Hall–Kier alpha value is -0.610. The maximum Gasteiger partial charge on any atom is 0.221 e. The fourth-order valence-corrected chi connectivity index (χ4v) is 1.87. The summed E-state index contributed by atoms with van der Waals surface area (Å²) in [5.41, 5.74) is 0. The Morgan fingerprint density at radius 3 is 2.00 bits per heavy atom. The van der Waals surface area contributed by atoms with Crippen LogP contribution in [0.3, 0.4) is 0 Å². The van der Waals surface area contributed by atoms with Gasteiger partial charge in [0.1, 0.15) is 0 Å². The average Bonchev–Trinajstić information content (AvgIpc) is 2.13. The predicted octanol–water partition coefficient (Wildman–Crippen LogP) is 1.66. The van der Waals surface area contributed by atoms with Crippen molar-refractivity contribution in [2.75, 3.05) is 6.54 Å². The molecule has 1 amide bonds. The Morgan fingerprint density at radius 2 is 1.56 bits per heavy atom. The van der Waals surface area contributed by atoms with Gasteiger partial charge in [-0.3, -0.25) is 4.79 Å². The van der Waals surface area contributed by atoms with Crippen LogP contribution in [0, 0.1) is 0 Å². The van der Waals surface area contributed by atoms with Gasteiger partial charge in [0.05, 0.1) is 0 Å². The highest BCUT2D eigenvalue weighted by molar-refractivity contribution is 5.76. The number of amides is 1. The van der Waals surface area contributed by atoms with E-state index in [1.807, 2.05) is 13.8 Å². The van der Waals surface area contributed by atoms with E-state index in [9.17, 15) is 4.79 Å². The summed E-state index contributed by atoms with van der Waals surface area (Å²) in [6, 6.07) is 1.36. The van der Waals surface area contributed by atoms with Crippen molar-refractivity contribution in [2.45, 2.75) is 78.6 Å². The second-order valence-corrected chi connectivity index (χ2v) is 5.84. The monoisotopic (exact) mass is 257 g/mol. The molecule has 0 spiro atoms. The van der Waals surface area contributed by atoms with Gasteiger partial charge >= 0.3 is 0 Å². The molecular formula is C14H31N3O. The Kier molecular flexibility index (Phi) is 9.02. The predicted molar refractivity (Wildman–Crippen MR) is 77.7 cm³/mol. The molecule has 3 N–H and O–H groups in total. The highest BCUT2D eigenvalue weighted by Gasteiger charge is 2.15. The van der Waals surface area contributed by atoms with Crippen LogP contribution in [0.4, 0.5) is 0 Å². The summed E-state index contributed by atoms with van der Waals surface area (Å²) in [4.78, 5) is 11.8. The molecule has 0 bridgehead atoms. The Bertz CT molecular complexity index is 227. The molecule has 0 rings (SSSR count). The number of rotatable bonds is 9. The largest absolute Gasteiger partial charge is 0.354 e. The van der Waals surface area contributed by atoms with Crippen LogP contribution >= 0.6 is 0 Å². The van der Waals surface area contributed by atoms with Gasteiger partial charge in [0.25, 0.3) is 0 Å². The van der Waals surface area contributed by atoms with Gasteiger partial charge in [-0.15, -0.1) is 0 Å². The van der Waals surface area contributed by atoms with Gasteiger partial charge in [0, 0.05) is 30.6 Å². The number of carbonyl (C=O) groups is 1. The molecule has 1 unspecified atom stereocenters. The number of hydrogen-bond donors (Lipinski definition) is 3. The minimum Gasteiger partial charge on any atom is -0.354 e. The molecule has 0 aromatic carbocycles. The van der Waals surface area contributed by atoms with E-state index in [-0.39, 0.29) is 18.0 Å². The summed E-state index contributed by atoms with van der Waals surface area (Å²) in [5.74, 6) is 0.132. The summed E-state index contributed by atoms with van der Waals surface area (Å²) in [7, 11) is 0. The molecular weight excluding hydrogens is 226 g/mol. The van der Waals surface area contributed by atoms with E-state index in [4.69, 9.17) is 0 Å². The molecule has 0 radical (unpaired) electrons. The molecule has 108 valence electrons. The van der Waals surface area contributed by atoms with Gasteiger partial charge in [-0.1, -0.05) is 27.7 Å². The van der Waals surface area contributed by atoms with Crippen molar-refractivity contribution in [1.29, 1.82) is 0 Å². The Morgan fingerprint density at radius 1 is 0.944 bits per heavy atom. The van der Waals surface area contributed by atoms with Gasteiger partial charge in [0.15, 0.2) is 0 Å². The van der Waals surface area contributed by atoms with E-state index in [0.717, 1.165) is 13.0 Å². The van der Waals surface area contributed by atoms with Gasteiger partial charge in [-0.25, -0.2) is 0 Å². The van der Waals surface area contributed by atoms with Crippen LogP contribution in [0.2, 0.25) is 0 Å². The van der Waals surface area contributed by atoms with E-state index in [0.29, 0.717) is 18.5 Å². The third-order valence-electron chi connectivity index (χ3n) is 2.50. The van der Waals surface area contributed by atoms with Gasteiger partial charge < -0.3 is 16.0 Å². The lowest BCUT2D eigenvalue weighted by Crippen LogP contribution is -2.42. The third-order valence-corrected chi connectivity index (χ3v) is 2.50. The van der Waals surface area contributed by atoms with Crippen molar-refractivity contribution in [3.63, 3.8) is 0 Å². The summed E-state index contributed by atoms with van der Waals surface area (Å²) < 4.78 is 0. The first kappa shape index (κ1) is 17.4. The zero-order valence-corrected chi connectivity index (χ0v) is 12.8. The summed E-state index contributed by atoms with van der Waals surface area (Å²) in [6.07, 6.45) is 1.53. The molecule has 0 fully saturated rings. The molecule has 0 heterocycles. The number of hydrogen-bond acceptors (Lipinski definition) is 3. The second-order valence-electron chi connectivity index (χ2n) is 5.84. The quantitative estimate of drug-likeness (QED) is 0.589. The zero-order chi connectivity index (χ0) is 14.1. The fourth-order valence-electron chi connectivity index (χ4n) is 1.87. The molecule has 4 heteroatoms. The van der Waals surface area contributed by atoms with Gasteiger partial charge in [-0.05, 0) is 26.8 Å². The van der Waals surface area contributed by atoms with Crippen molar-refractivity contribution < 1.29 is 4.79 Å². The molecule has 0 aromatic heterocycles. The first-order valence-electron chi connectivity index (χ1n) is 7.10. The third kappa shape index (κ3) is 10.5.